The van der Waals surface area contributed by atoms with Crippen LogP contribution in [0.15, 0.2) is 36.4 Å². The summed E-state index contributed by atoms with van der Waals surface area (Å²) in [5.41, 5.74) is 1.23. The Morgan fingerprint density at radius 2 is 2.00 bits per heavy atom. The number of carbonyl (C=O) groups excluding carboxylic acids is 1. The van der Waals surface area contributed by atoms with Crippen LogP contribution in [0.5, 0.6) is 5.75 Å². The number of ether oxygens (including phenoxy) is 1. The van der Waals surface area contributed by atoms with Gasteiger partial charge in [-0.15, -0.1) is 10.2 Å². The van der Waals surface area contributed by atoms with Gasteiger partial charge >= 0.3 is 6.18 Å². The van der Waals surface area contributed by atoms with Crippen molar-refractivity contribution >= 4 is 11.7 Å². The molecule has 1 atom stereocenters. The van der Waals surface area contributed by atoms with Gasteiger partial charge < -0.3 is 9.64 Å². The molecule has 2 aromatic rings. The van der Waals surface area contributed by atoms with Gasteiger partial charge in [0.05, 0.1) is 12.1 Å². The van der Waals surface area contributed by atoms with E-state index in [0.717, 1.165) is 6.07 Å². The molecule has 7 nitrogen and oxygen atoms in total. The van der Waals surface area contributed by atoms with Gasteiger partial charge in [-0.25, -0.2) is 5.84 Å². The van der Waals surface area contributed by atoms with Gasteiger partial charge in [-0.05, 0) is 24.3 Å². The number of anilines is 1. The third kappa shape index (κ3) is 3.85. The molecule has 0 radical (unpaired) electrons. The van der Waals surface area contributed by atoms with Crippen LogP contribution in [0.2, 0.25) is 0 Å². The van der Waals surface area contributed by atoms with Crippen molar-refractivity contribution in [1.29, 1.82) is 0 Å². The molecule has 1 saturated heterocycles. The average Bonchev–Trinajstić information content (AvgIpc) is 3.09. The highest BCUT2D eigenvalue weighted by molar-refractivity contribution is 5.91. The van der Waals surface area contributed by atoms with E-state index in [1.165, 1.54) is 24.3 Å². The number of benzene rings is 1. The highest BCUT2D eigenvalue weighted by Gasteiger charge is 2.35. The largest absolute Gasteiger partial charge is 0.488 e. The van der Waals surface area contributed by atoms with Crippen molar-refractivity contribution in [1.82, 2.24) is 15.6 Å². The number of nitrogens with one attached hydrogen (secondary N) is 1. The van der Waals surface area contributed by atoms with E-state index in [-0.39, 0.29) is 11.4 Å². The Morgan fingerprint density at radius 1 is 1.23 bits per heavy atom. The Kier molecular flexibility index (Phi) is 4.94. The normalized spacial score (nSPS) is 17.2. The molecule has 3 N–H and O–H groups in total. The number of halogens is 3. The Labute approximate surface area is 146 Å². The topological polar surface area (TPSA) is 93.4 Å². The molecule has 1 aliphatic heterocycles. The number of carbonyl (C=O) groups is 1. The smallest absolute Gasteiger partial charge is 0.419 e. The fourth-order valence-corrected chi connectivity index (χ4v) is 2.70. The number of amides is 1. The minimum absolute atomic E-state index is 0.0716. The molecule has 3 rings (SSSR count). The molecule has 1 aromatic heterocycles. The highest BCUT2D eigenvalue weighted by atomic mass is 19.4. The van der Waals surface area contributed by atoms with Crippen molar-refractivity contribution in [3.8, 4) is 5.75 Å². The number of para-hydroxylation sites is 1. The van der Waals surface area contributed by atoms with E-state index in [1.807, 2.05) is 10.3 Å². The third-order valence-corrected chi connectivity index (χ3v) is 3.97. The first kappa shape index (κ1) is 17.9. The third-order valence-electron chi connectivity index (χ3n) is 3.97. The molecule has 138 valence electrons. The summed E-state index contributed by atoms with van der Waals surface area (Å²) < 4.78 is 44.7. The molecule has 10 heteroatoms. The van der Waals surface area contributed by atoms with Gasteiger partial charge in [0.2, 0.25) is 0 Å². The molecule has 1 amide bonds. The summed E-state index contributed by atoms with van der Waals surface area (Å²) in [5.74, 6) is 4.79. The van der Waals surface area contributed by atoms with Crippen molar-refractivity contribution in [3.05, 3.63) is 47.7 Å². The van der Waals surface area contributed by atoms with Crippen LogP contribution in [0, 0.1) is 0 Å². The zero-order valence-electron chi connectivity index (χ0n) is 13.5. The lowest BCUT2D eigenvalue weighted by Gasteiger charge is -2.19. The van der Waals surface area contributed by atoms with E-state index < -0.39 is 23.8 Å². The molecule has 0 bridgehead atoms. The maximum Gasteiger partial charge on any atom is 0.419 e. The number of nitrogens with zero attached hydrogens (tertiary/aromatic N) is 3. The van der Waals surface area contributed by atoms with Crippen molar-refractivity contribution in [2.45, 2.75) is 18.7 Å². The molecule has 1 aliphatic rings. The summed E-state index contributed by atoms with van der Waals surface area (Å²) in [4.78, 5) is 13.2. The Morgan fingerprint density at radius 3 is 2.65 bits per heavy atom. The van der Waals surface area contributed by atoms with Crippen molar-refractivity contribution < 1.29 is 22.7 Å². The van der Waals surface area contributed by atoms with E-state index in [0.29, 0.717) is 25.3 Å². The van der Waals surface area contributed by atoms with Crippen LogP contribution in [-0.2, 0) is 6.18 Å². The minimum Gasteiger partial charge on any atom is -0.488 e. The van der Waals surface area contributed by atoms with E-state index >= 15 is 0 Å². The van der Waals surface area contributed by atoms with E-state index in [9.17, 15) is 18.0 Å². The van der Waals surface area contributed by atoms with Crippen LogP contribution in [0.4, 0.5) is 19.0 Å². The Balaban J connectivity index is 1.67. The monoisotopic (exact) mass is 367 g/mol. The zero-order valence-corrected chi connectivity index (χ0v) is 13.5. The fraction of sp³-hybridized carbons (Fsp3) is 0.312. The number of hydrazine groups is 1. The van der Waals surface area contributed by atoms with Gasteiger partial charge in [-0.3, -0.25) is 10.2 Å². The molecule has 0 aliphatic carbocycles. The van der Waals surface area contributed by atoms with Gasteiger partial charge in [0, 0.05) is 13.0 Å². The second kappa shape index (κ2) is 7.16. The van der Waals surface area contributed by atoms with Gasteiger partial charge in [0.1, 0.15) is 11.9 Å². The van der Waals surface area contributed by atoms with Crippen LogP contribution in [0.3, 0.4) is 0 Å². The molecule has 1 fully saturated rings. The van der Waals surface area contributed by atoms with Gasteiger partial charge in [-0.1, -0.05) is 12.1 Å². The van der Waals surface area contributed by atoms with Gasteiger partial charge in [0.15, 0.2) is 11.5 Å². The number of nitrogens with two attached hydrogens (primary N) is 1. The quantitative estimate of drug-likeness (QED) is 0.486. The minimum atomic E-state index is -4.47. The molecule has 0 spiro atoms. The van der Waals surface area contributed by atoms with Crippen LogP contribution in [0.1, 0.15) is 22.5 Å². The summed E-state index contributed by atoms with van der Waals surface area (Å²) in [7, 11) is 0. The molecular weight excluding hydrogens is 351 g/mol. The predicted molar refractivity (Wildman–Crippen MR) is 86.4 cm³/mol. The molecule has 26 heavy (non-hydrogen) atoms. The summed E-state index contributed by atoms with van der Waals surface area (Å²) in [5, 5.41) is 7.73. The second-order valence-corrected chi connectivity index (χ2v) is 5.72. The number of nitrogen functional groups attached to an aromatic ring is 1. The maximum absolute atomic E-state index is 13.0. The molecule has 1 unspecified atom stereocenters. The van der Waals surface area contributed by atoms with E-state index in [2.05, 4.69) is 10.2 Å². The maximum atomic E-state index is 13.0. The lowest BCUT2D eigenvalue weighted by molar-refractivity contribution is -0.139. The standard InChI is InChI=1S/C16H16F3N5O2/c17-16(18,19)11-3-1-2-4-13(11)26-10-7-8-24(9-10)14-6-5-12(22-23-14)15(25)21-20/h1-6,10H,7-9,20H2,(H,21,25). The van der Waals surface area contributed by atoms with Crippen LogP contribution in [-0.4, -0.2) is 35.3 Å². The molecule has 1 aromatic carbocycles. The van der Waals surface area contributed by atoms with Crippen LogP contribution >= 0.6 is 0 Å². The molecule has 2 heterocycles. The van der Waals surface area contributed by atoms with E-state index in [4.69, 9.17) is 10.6 Å². The predicted octanol–water partition coefficient (Wildman–Crippen LogP) is 1.76. The Hall–Kier alpha value is -2.88. The lowest BCUT2D eigenvalue weighted by Crippen LogP contribution is -2.31. The number of hydrogen-bond donors (Lipinski definition) is 2. The average molecular weight is 367 g/mol. The number of alkyl halides is 3. The van der Waals surface area contributed by atoms with Crippen LogP contribution < -0.4 is 20.9 Å². The van der Waals surface area contributed by atoms with Crippen LogP contribution in [0.25, 0.3) is 0 Å². The van der Waals surface area contributed by atoms with Crippen molar-refractivity contribution in [3.63, 3.8) is 0 Å². The van der Waals surface area contributed by atoms with E-state index in [1.54, 1.807) is 6.07 Å². The van der Waals surface area contributed by atoms with Gasteiger partial charge in [0.25, 0.3) is 5.91 Å². The van der Waals surface area contributed by atoms with Gasteiger partial charge in [-0.2, -0.15) is 13.2 Å². The number of aromatic nitrogens is 2. The first-order chi connectivity index (χ1) is 12.4. The van der Waals surface area contributed by atoms with Crippen molar-refractivity contribution in [2.24, 2.45) is 5.84 Å². The summed E-state index contributed by atoms with van der Waals surface area (Å²) >= 11 is 0. The summed E-state index contributed by atoms with van der Waals surface area (Å²) in [6, 6.07) is 8.21. The first-order valence-corrected chi connectivity index (χ1v) is 7.81. The highest BCUT2D eigenvalue weighted by Crippen LogP contribution is 2.37. The SMILES string of the molecule is NNC(=O)c1ccc(N2CCC(Oc3ccccc3C(F)(F)F)C2)nn1. The van der Waals surface area contributed by atoms with Crippen molar-refractivity contribution in [2.75, 3.05) is 18.0 Å². The molecular formula is C16H16F3N5O2. The fourth-order valence-electron chi connectivity index (χ4n) is 2.70. The first-order valence-electron chi connectivity index (χ1n) is 7.81. The molecule has 0 saturated carbocycles. The summed E-state index contributed by atoms with van der Waals surface area (Å²) in [6.07, 6.45) is -4.34. The number of rotatable bonds is 4. The number of hydrogen-bond acceptors (Lipinski definition) is 6. The zero-order chi connectivity index (χ0) is 18.7. The summed E-state index contributed by atoms with van der Waals surface area (Å²) in [6.45, 7) is 0.916. The lowest BCUT2D eigenvalue weighted by atomic mass is 10.2. The Bertz CT molecular complexity index is 782. The second-order valence-electron chi connectivity index (χ2n) is 5.72.